The standard InChI is InChI=1S/C2H4O2.Co.4H2O/c1-2(3)4;;;;;/h1H3,(H,3,4);;4*1H2/q;+3;;;;/p-1. The first-order valence-corrected chi connectivity index (χ1v) is 0.908. The number of carboxylic acids is 1. The van der Waals surface area contributed by atoms with Gasteiger partial charge < -0.3 is 31.8 Å². The molecule has 0 atom stereocenters. The zero-order valence-electron chi connectivity index (χ0n) is 4.65. The molecule has 0 saturated carbocycles. The molecule has 0 aromatic carbocycles. The molecule has 0 spiro atoms. The third-order valence-corrected chi connectivity index (χ3v) is 0. The maximum absolute atomic E-state index is 8.89. The molecular formula is C2H11CoO6+2. The molecule has 0 aliphatic carbocycles. The van der Waals surface area contributed by atoms with E-state index in [0.29, 0.717) is 0 Å². The number of hydrogen-bond acceptors (Lipinski definition) is 2. The number of carboxylic acid groups (broad SMARTS) is 1. The Labute approximate surface area is 62.3 Å². The van der Waals surface area contributed by atoms with E-state index in [1.807, 2.05) is 0 Å². The van der Waals surface area contributed by atoms with Gasteiger partial charge in [-0.1, -0.05) is 0 Å². The van der Waals surface area contributed by atoms with Crippen molar-refractivity contribution in [3.63, 3.8) is 0 Å². The zero-order valence-corrected chi connectivity index (χ0v) is 5.69. The Hall–Kier alpha value is -0.184. The molecule has 0 aliphatic heterocycles. The molecule has 0 amide bonds. The van der Waals surface area contributed by atoms with E-state index in [1.165, 1.54) is 0 Å². The van der Waals surface area contributed by atoms with E-state index < -0.39 is 5.97 Å². The van der Waals surface area contributed by atoms with Gasteiger partial charge in [0, 0.05) is 5.97 Å². The van der Waals surface area contributed by atoms with Crippen LogP contribution < -0.4 is 5.11 Å². The number of aliphatic carboxylic acids is 1. The zero-order chi connectivity index (χ0) is 3.58. The van der Waals surface area contributed by atoms with Crippen molar-refractivity contribution in [2.45, 2.75) is 6.92 Å². The van der Waals surface area contributed by atoms with Gasteiger partial charge >= 0.3 is 16.8 Å². The van der Waals surface area contributed by atoms with Gasteiger partial charge in [0.1, 0.15) is 0 Å². The van der Waals surface area contributed by atoms with Crippen LogP contribution in [0.25, 0.3) is 0 Å². The first kappa shape index (κ1) is 67.9. The number of hydrogen-bond donors (Lipinski definition) is 0. The molecule has 0 aromatic heterocycles. The van der Waals surface area contributed by atoms with Gasteiger partial charge in [0.15, 0.2) is 0 Å². The van der Waals surface area contributed by atoms with Gasteiger partial charge in [-0.2, -0.15) is 0 Å². The summed E-state index contributed by atoms with van der Waals surface area (Å²) in [6, 6.07) is 0. The second kappa shape index (κ2) is 45.8. The van der Waals surface area contributed by atoms with Gasteiger partial charge in [0.2, 0.25) is 0 Å². The predicted octanol–water partition coefficient (Wildman–Crippen LogP) is -4.55. The average molecular weight is 190 g/mol. The minimum absolute atomic E-state index is 0. The fourth-order valence-electron chi connectivity index (χ4n) is 0. The molecule has 62 valence electrons. The van der Waals surface area contributed by atoms with Crippen molar-refractivity contribution >= 4 is 5.97 Å². The Morgan fingerprint density at radius 2 is 1.11 bits per heavy atom. The van der Waals surface area contributed by atoms with Crippen molar-refractivity contribution in [2.75, 3.05) is 0 Å². The number of carbonyl (C=O) groups is 1. The van der Waals surface area contributed by atoms with Gasteiger partial charge in [0.25, 0.3) is 0 Å². The molecule has 0 radical (unpaired) electrons. The van der Waals surface area contributed by atoms with Crippen LogP contribution in [0.15, 0.2) is 0 Å². The maximum atomic E-state index is 8.89. The molecule has 0 bridgehead atoms. The Bertz CT molecular complexity index is 34.0. The van der Waals surface area contributed by atoms with E-state index in [4.69, 9.17) is 9.90 Å². The third kappa shape index (κ3) is 7850. The van der Waals surface area contributed by atoms with Gasteiger partial charge in [-0.15, -0.1) is 0 Å². The normalized spacial score (nSPS) is 2.78. The smallest absolute Gasteiger partial charge is 0.550 e. The van der Waals surface area contributed by atoms with Crippen LogP contribution in [0.2, 0.25) is 0 Å². The molecule has 0 unspecified atom stereocenters. The maximum Gasteiger partial charge on any atom is 3.00 e. The fraction of sp³-hybridized carbons (Fsp3) is 0.500. The van der Waals surface area contributed by atoms with Gasteiger partial charge in [-0.3, -0.25) is 0 Å². The molecule has 8 N–H and O–H groups in total. The van der Waals surface area contributed by atoms with Crippen molar-refractivity contribution in [1.82, 2.24) is 0 Å². The quantitative estimate of drug-likeness (QED) is 0.375. The predicted molar refractivity (Wildman–Crippen MR) is 25.1 cm³/mol. The molecule has 0 rings (SSSR count). The number of rotatable bonds is 0. The Balaban J connectivity index is -0.00000000450. The monoisotopic (exact) mass is 190 g/mol. The van der Waals surface area contributed by atoms with Gasteiger partial charge in [-0.05, 0) is 6.92 Å². The SMILES string of the molecule is CC(=O)[O-].O.O.O.O.[Co+3]. The third-order valence-electron chi connectivity index (χ3n) is 0. The van der Waals surface area contributed by atoms with E-state index >= 15 is 0 Å². The van der Waals surface area contributed by atoms with E-state index in [9.17, 15) is 0 Å². The van der Waals surface area contributed by atoms with E-state index in [-0.39, 0.29) is 38.7 Å². The summed E-state index contributed by atoms with van der Waals surface area (Å²) in [7, 11) is 0. The fourth-order valence-corrected chi connectivity index (χ4v) is 0. The second-order valence-corrected chi connectivity index (χ2v) is 0.492. The summed E-state index contributed by atoms with van der Waals surface area (Å²) in [4.78, 5) is 8.89. The number of carbonyl (C=O) groups excluding carboxylic acids is 1. The van der Waals surface area contributed by atoms with Crippen LogP contribution in [0.5, 0.6) is 0 Å². The first-order valence-electron chi connectivity index (χ1n) is 0.908. The molecule has 6 nitrogen and oxygen atoms in total. The molecule has 0 fully saturated rings. The Kier molecular flexibility index (Phi) is 345. The largest absolute Gasteiger partial charge is 3.00 e. The van der Waals surface area contributed by atoms with Crippen molar-refractivity contribution in [2.24, 2.45) is 0 Å². The van der Waals surface area contributed by atoms with E-state index in [2.05, 4.69) is 0 Å². The van der Waals surface area contributed by atoms with Crippen LogP contribution in [-0.4, -0.2) is 27.9 Å². The van der Waals surface area contributed by atoms with Crippen LogP contribution in [-0.2, 0) is 21.6 Å². The van der Waals surface area contributed by atoms with E-state index in [1.54, 1.807) is 0 Å². The minimum atomic E-state index is -1.08. The van der Waals surface area contributed by atoms with Crippen molar-refractivity contribution < 1.29 is 48.6 Å². The van der Waals surface area contributed by atoms with Crippen molar-refractivity contribution in [3.8, 4) is 0 Å². The first-order chi connectivity index (χ1) is 1.73. The second-order valence-electron chi connectivity index (χ2n) is 0.492. The summed E-state index contributed by atoms with van der Waals surface area (Å²) in [5, 5.41) is 8.89. The van der Waals surface area contributed by atoms with Crippen molar-refractivity contribution in [1.29, 1.82) is 0 Å². The Morgan fingerprint density at radius 1 is 1.11 bits per heavy atom. The Morgan fingerprint density at radius 3 is 1.11 bits per heavy atom. The molecule has 0 aliphatic rings. The summed E-state index contributed by atoms with van der Waals surface area (Å²) < 4.78 is 0. The summed E-state index contributed by atoms with van der Waals surface area (Å²) in [6.07, 6.45) is 0. The van der Waals surface area contributed by atoms with Crippen molar-refractivity contribution in [3.05, 3.63) is 0 Å². The van der Waals surface area contributed by atoms with Crippen LogP contribution in [0.4, 0.5) is 0 Å². The summed E-state index contributed by atoms with van der Waals surface area (Å²) >= 11 is 0. The minimum Gasteiger partial charge on any atom is -0.550 e. The van der Waals surface area contributed by atoms with Gasteiger partial charge in [0.05, 0.1) is 0 Å². The summed E-state index contributed by atoms with van der Waals surface area (Å²) in [5.74, 6) is -1.08. The topological polar surface area (TPSA) is 166 Å². The molecular weight excluding hydrogens is 179 g/mol. The summed E-state index contributed by atoms with van der Waals surface area (Å²) in [6.45, 7) is 0.972. The average Bonchev–Trinajstić information content (AvgIpc) is 0.811. The van der Waals surface area contributed by atoms with Crippen LogP contribution in [0.3, 0.4) is 0 Å². The molecule has 0 aromatic rings. The van der Waals surface area contributed by atoms with Crippen LogP contribution >= 0.6 is 0 Å². The van der Waals surface area contributed by atoms with E-state index in [0.717, 1.165) is 6.92 Å². The molecule has 9 heavy (non-hydrogen) atoms. The van der Waals surface area contributed by atoms with Crippen LogP contribution in [0, 0.1) is 0 Å². The van der Waals surface area contributed by atoms with Crippen LogP contribution in [0.1, 0.15) is 6.92 Å². The molecule has 0 saturated heterocycles. The summed E-state index contributed by atoms with van der Waals surface area (Å²) in [5.41, 5.74) is 0. The molecule has 0 heterocycles. The van der Waals surface area contributed by atoms with Gasteiger partial charge in [-0.25, -0.2) is 0 Å². The molecule has 7 heteroatoms.